The normalized spacial score (nSPS) is 14.5. The predicted octanol–water partition coefficient (Wildman–Crippen LogP) is 15.5. The second-order valence-electron chi connectivity index (χ2n) is 19.3. The minimum absolute atomic E-state index is 0.00768. The molecule has 10 aromatic carbocycles. The predicted molar refractivity (Wildman–Crippen MR) is 235 cm³/mol. The van der Waals surface area contributed by atoms with Crippen molar-refractivity contribution in [2.75, 3.05) is 0 Å². The summed E-state index contributed by atoms with van der Waals surface area (Å²) in [5.74, 6) is 0. The highest BCUT2D eigenvalue weighted by atomic mass is 14.3. The molecule has 1 aliphatic carbocycles. The standard InChI is InChI=1S/C53H46/c1-51(2,3)30-22-28-14-10-16-33-35-18-12-20-37-39-24-32(53(7,8)9)25-40-38-21-13-19-36-34-17-11-15-29-23-31(52(4,5)6)27-42(44(29)34)49(46(36)38)50(47(39)40)48(45(35)37)41(26-30)43(28)33/h10-24,26-27H,25H2,1-9H3. The van der Waals surface area contributed by atoms with Crippen LogP contribution in [0.2, 0.25) is 0 Å². The quantitative estimate of drug-likeness (QED) is 0.110. The van der Waals surface area contributed by atoms with Crippen molar-refractivity contribution in [1.82, 2.24) is 0 Å². The molecule has 0 amide bonds. The van der Waals surface area contributed by atoms with Crippen molar-refractivity contribution in [2.45, 2.75) is 79.6 Å². The summed E-state index contributed by atoms with van der Waals surface area (Å²) in [7, 11) is 0. The Kier molecular flexibility index (Phi) is 5.83. The highest BCUT2D eigenvalue weighted by Crippen LogP contribution is 2.55. The highest BCUT2D eigenvalue weighted by Gasteiger charge is 2.31. The summed E-state index contributed by atoms with van der Waals surface area (Å²) in [6, 6.07) is 38.3. The number of benzene rings is 10. The zero-order valence-electron chi connectivity index (χ0n) is 32.5. The van der Waals surface area contributed by atoms with Gasteiger partial charge in [0.1, 0.15) is 0 Å². The molecular weight excluding hydrogens is 637 g/mol. The first kappa shape index (κ1) is 31.3. The number of hydrogen-bond acceptors (Lipinski definition) is 0. The molecule has 0 saturated heterocycles. The molecule has 258 valence electrons. The van der Waals surface area contributed by atoms with Crippen LogP contribution in [0, 0.1) is 5.41 Å². The van der Waals surface area contributed by atoms with E-state index in [9.17, 15) is 0 Å². The van der Waals surface area contributed by atoms with Gasteiger partial charge in [0.25, 0.3) is 0 Å². The van der Waals surface area contributed by atoms with Crippen LogP contribution in [0.15, 0.2) is 103 Å². The van der Waals surface area contributed by atoms with Gasteiger partial charge in [-0.15, -0.1) is 0 Å². The zero-order valence-corrected chi connectivity index (χ0v) is 32.5. The van der Waals surface area contributed by atoms with Crippen molar-refractivity contribution < 1.29 is 0 Å². The lowest BCUT2D eigenvalue weighted by molar-refractivity contribution is 0.496. The summed E-state index contributed by atoms with van der Waals surface area (Å²) < 4.78 is 0. The summed E-state index contributed by atoms with van der Waals surface area (Å²) in [5, 5.41) is 25.1. The van der Waals surface area contributed by atoms with Crippen LogP contribution in [0.25, 0.3) is 103 Å². The van der Waals surface area contributed by atoms with Gasteiger partial charge in [0.2, 0.25) is 0 Å². The Labute approximate surface area is 311 Å². The van der Waals surface area contributed by atoms with Crippen LogP contribution in [0.3, 0.4) is 0 Å². The topological polar surface area (TPSA) is 0 Å². The van der Waals surface area contributed by atoms with Crippen LogP contribution in [0.5, 0.6) is 0 Å². The fourth-order valence-corrected chi connectivity index (χ4v) is 10.2. The van der Waals surface area contributed by atoms with Crippen molar-refractivity contribution in [3.05, 3.63) is 125 Å². The molecule has 0 bridgehead atoms. The Morgan fingerprint density at radius 1 is 0.358 bits per heavy atom. The fraction of sp³-hybridized carbons (Fsp3) is 0.245. The van der Waals surface area contributed by atoms with E-state index in [1.54, 1.807) is 0 Å². The van der Waals surface area contributed by atoms with Crippen LogP contribution in [-0.2, 0) is 17.3 Å². The molecule has 11 rings (SSSR count). The van der Waals surface area contributed by atoms with Crippen molar-refractivity contribution >= 4 is 103 Å². The van der Waals surface area contributed by atoms with Gasteiger partial charge >= 0.3 is 0 Å². The molecule has 10 aromatic rings. The SMILES string of the molecule is CC(C)(C)C1=Cc2c3cccc4c5cccc6cc(C(C)(C)C)cc(c65)c(c34)c3c2c(c2cccc4c5cccc6cc(C(C)(C)C)cc(c65)c3c24)C1. The molecule has 0 aliphatic heterocycles. The summed E-state index contributed by atoms with van der Waals surface area (Å²) in [4.78, 5) is 0. The molecule has 0 aromatic heterocycles. The molecule has 0 spiro atoms. The molecule has 0 atom stereocenters. The maximum Gasteiger partial charge on any atom is -0.000407 e. The second-order valence-corrected chi connectivity index (χ2v) is 19.3. The van der Waals surface area contributed by atoms with Gasteiger partial charge < -0.3 is 0 Å². The number of fused-ring (bicyclic) bond motifs is 8. The Morgan fingerprint density at radius 2 is 0.792 bits per heavy atom. The van der Waals surface area contributed by atoms with Gasteiger partial charge in [0.05, 0.1) is 0 Å². The minimum atomic E-state index is 0.00768. The van der Waals surface area contributed by atoms with E-state index in [2.05, 4.69) is 165 Å². The molecule has 0 unspecified atom stereocenters. The lowest BCUT2D eigenvalue weighted by Gasteiger charge is -2.32. The molecule has 0 N–H and O–H groups in total. The molecule has 0 saturated carbocycles. The molecule has 0 nitrogen and oxygen atoms in total. The average Bonchev–Trinajstić information content (AvgIpc) is 3.12. The minimum Gasteiger partial charge on any atom is -0.0610 e. The van der Waals surface area contributed by atoms with E-state index in [0.29, 0.717) is 0 Å². The Balaban J connectivity index is 1.57. The molecule has 0 heteroatoms. The third kappa shape index (κ3) is 4.02. The van der Waals surface area contributed by atoms with E-state index >= 15 is 0 Å². The molecule has 0 fully saturated rings. The number of rotatable bonds is 0. The molecule has 1 aliphatic rings. The zero-order chi connectivity index (χ0) is 36.5. The van der Waals surface area contributed by atoms with Crippen molar-refractivity contribution in [2.24, 2.45) is 5.41 Å². The Bertz CT molecular complexity index is 3190. The second kappa shape index (κ2) is 9.86. The summed E-state index contributed by atoms with van der Waals surface area (Å²) in [5.41, 5.74) is 7.25. The first-order valence-corrected chi connectivity index (χ1v) is 19.6. The first-order valence-electron chi connectivity index (χ1n) is 19.6. The summed E-state index contributed by atoms with van der Waals surface area (Å²) >= 11 is 0. The lowest BCUT2D eigenvalue weighted by Crippen LogP contribution is -2.15. The molecular formula is C53H46. The third-order valence-electron chi connectivity index (χ3n) is 13.0. The van der Waals surface area contributed by atoms with Crippen LogP contribution in [0.4, 0.5) is 0 Å². The van der Waals surface area contributed by atoms with E-state index in [4.69, 9.17) is 0 Å². The van der Waals surface area contributed by atoms with E-state index in [0.717, 1.165) is 6.42 Å². The van der Waals surface area contributed by atoms with Gasteiger partial charge in [-0.1, -0.05) is 159 Å². The molecule has 0 heterocycles. The maximum absolute atomic E-state index is 2.60. The van der Waals surface area contributed by atoms with Crippen LogP contribution in [-0.4, -0.2) is 0 Å². The van der Waals surface area contributed by atoms with E-state index in [-0.39, 0.29) is 16.2 Å². The van der Waals surface area contributed by atoms with Crippen molar-refractivity contribution in [3.63, 3.8) is 0 Å². The van der Waals surface area contributed by atoms with E-state index < -0.39 is 0 Å². The number of allylic oxidation sites excluding steroid dienone is 1. The van der Waals surface area contributed by atoms with Crippen molar-refractivity contribution in [1.29, 1.82) is 0 Å². The van der Waals surface area contributed by atoms with Gasteiger partial charge in [0, 0.05) is 0 Å². The van der Waals surface area contributed by atoms with Gasteiger partial charge in [-0.05, 0) is 154 Å². The van der Waals surface area contributed by atoms with Gasteiger partial charge in [-0.25, -0.2) is 0 Å². The van der Waals surface area contributed by atoms with Crippen molar-refractivity contribution in [3.8, 4) is 0 Å². The first-order chi connectivity index (χ1) is 25.2. The fourth-order valence-electron chi connectivity index (χ4n) is 10.2. The monoisotopic (exact) mass is 682 g/mol. The molecule has 53 heavy (non-hydrogen) atoms. The lowest BCUT2D eigenvalue weighted by atomic mass is 9.72. The maximum atomic E-state index is 2.60. The summed E-state index contributed by atoms with van der Waals surface area (Å²) in [6.07, 6.45) is 3.56. The highest BCUT2D eigenvalue weighted by molar-refractivity contribution is 6.48. The third-order valence-corrected chi connectivity index (χ3v) is 13.0. The Hall–Kier alpha value is -5.20. The van der Waals surface area contributed by atoms with Crippen LogP contribution < -0.4 is 0 Å². The largest absolute Gasteiger partial charge is 0.0610 e. The Morgan fingerprint density at radius 3 is 1.28 bits per heavy atom. The van der Waals surface area contributed by atoms with Crippen LogP contribution in [0.1, 0.15) is 84.6 Å². The van der Waals surface area contributed by atoms with Crippen LogP contribution >= 0.6 is 0 Å². The van der Waals surface area contributed by atoms with Gasteiger partial charge in [0.15, 0.2) is 0 Å². The average molecular weight is 683 g/mol. The molecule has 0 radical (unpaired) electrons. The van der Waals surface area contributed by atoms with E-state index in [1.807, 2.05) is 0 Å². The number of hydrogen-bond donors (Lipinski definition) is 0. The summed E-state index contributed by atoms with van der Waals surface area (Å²) in [6.45, 7) is 21.4. The van der Waals surface area contributed by atoms with E-state index in [1.165, 1.54) is 125 Å². The van der Waals surface area contributed by atoms with Gasteiger partial charge in [-0.2, -0.15) is 0 Å². The van der Waals surface area contributed by atoms with Gasteiger partial charge in [-0.3, -0.25) is 0 Å². The smallest absolute Gasteiger partial charge is 0.000407 e.